The van der Waals surface area contributed by atoms with E-state index in [0.717, 1.165) is 45.3 Å². The summed E-state index contributed by atoms with van der Waals surface area (Å²) in [6.45, 7) is 7.36. The largest absolute Gasteiger partial charge is 0.315 e. The van der Waals surface area contributed by atoms with Crippen LogP contribution in [0.4, 0.5) is 0 Å². The molecule has 1 N–H and O–H groups in total. The summed E-state index contributed by atoms with van der Waals surface area (Å²) in [6.07, 6.45) is 0.832. The summed E-state index contributed by atoms with van der Waals surface area (Å²) in [5.41, 5.74) is 2.29. The van der Waals surface area contributed by atoms with Crippen LogP contribution in [-0.4, -0.2) is 83.6 Å². The minimum Gasteiger partial charge on any atom is -0.315 e. The molecule has 0 saturated carbocycles. The van der Waals surface area contributed by atoms with Crippen LogP contribution in [-0.2, 0) is 0 Å². The van der Waals surface area contributed by atoms with E-state index in [4.69, 9.17) is 0 Å². The van der Waals surface area contributed by atoms with Crippen LogP contribution in [0.15, 0.2) is 84.9 Å². The molecular formula is C38H36N4O4. The number of amides is 4. The Balaban J connectivity index is 0.943. The Hall–Kier alpha value is -4.92. The molecule has 0 aliphatic carbocycles. The summed E-state index contributed by atoms with van der Waals surface area (Å²) in [5, 5.41) is 8.71. The zero-order valence-electron chi connectivity index (χ0n) is 26.1. The van der Waals surface area contributed by atoms with Crippen molar-refractivity contribution >= 4 is 55.9 Å². The Kier molecular flexibility index (Phi) is 7.84. The van der Waals surface area contributed by atoms with Crippen molar-refractivity contribution in [3.8, 4) is 0 Å². The number of hydrogen-bond donors (Lipinski definition) is 1. The van der Waals surface area contributed by atoms with Gasteiger partial charge in [0.2, 0.25) is 0 Å². The highest BCUT2D eigenvalue weighted by Gasteiger charge is 2.34. The third-order valence-electron chi connectivity index (χ3n) is 9.34. The van der Waals surface area contributed by atoms with Crippen LogP contribution >= 0.6 is 0 Å². The lowest BCUT2D eigenvalue weighted by molar-refractivity contribution is 0.0579. The molecule has 8 nitrogen and oxygen atoms in total. The van der Waals surface area contributed by atoms with Gasteiger partial charge in [-0.3, -0.25) is 33.9 Å². The summed E-state index contributed by atoms with van der Waals surface area (Å²) in [5.74, 6) is -0.998. The van der Waals surface area contributed by atoms with Gasteiger partial charge in [-0.15, -0.1) is 0 Å². The highest BCUT2D eigenvalue weighted by molar-refractivity contribution is 6.29. The quantitative estimate of drug-likeness (QED) is 0.116. The fraction of sp³-hybridized carbons (Fsp3) is 0.263. The Labute approximate surface area is 267 Å². The second kappa shape index (κ2) is 12.1. The topological polar surface area (TPSA) is 90.0 Å². The SMILES string of the molecule is CC(C)N(CCCNCCN1C(=O)c2cccc3cccc(c23)C1=O)CCN1C(=O)c2cccc3c2c(cc2ccccc23)C1=O. The van der Waals surface area contributed by atoms with Crippen LogP contribution < -0.4 is 5.32 Å². The van der Waals surface area contributed by atoms with Gasteiger partial charge in [0, 0.05) is 65.2 Å². The first kappa shape index (κ1) is 29.8. The number of carbonyl (C=O) groups excluding carboxylic acids is 4. The standard InChI is InChI=1S/C38H36N4O4/c1-24(2)40(19-8-17-39-18-20-41-35(43)29-14-5-10-25-11-6-15-30(33(25)29)36(41)44)21-22-42-37(45)31-16-7-13-28-27-12-4-3-9-26(27)23-32(34(28)31)38(42)46/h3-7,9-16,23-24,39H,8,17-22H2,1-2H3. The van der Waals surface area contributed by atoms with Gasteiger partial charge in [0.05, 0.1) is 0 Å². The summed E-state index contributed by atoms with van der Waals surface area (Å²) < 4.78 is 0. The van der Waals surface area contributed by atoms with E-state index in [2.05, 4.69) is 24.1 Å². The van der Waals surface area contributed by atoms with E-state index in [0.29, 0.717) is 55.0 Å². The predicted molar refractivity (Wildman–Crippen MR) is 180 cm³/mol. The van der Waals surface area contributed by atoms with E-state index >= 15 is 0 Å². The number of carbonyl (C=O) groups is 4. The zero-order chi connectivity index (χ0) is 31.9. The fourth-order valence-corrected chi connectivity index (χ4v) is 6.96. The minimum absolute atomic E-state index is 0.223. The van der Waals surface area contributed by atoms with E-state index in [1.54, 1.807) is 12.1 Å². The number of nitrogens with one attached hydrogen (secondary N) is 1. The van der Waals surface area contributed by atoms with Crippen LogP contribution in [0.25, 0.3) is 32.3 Å². The van der Waals surface area contributed by atoms with E-state index in [-0.39, 0.29) is 29.7 Å². The average molecular weight is 613 g/mol. The number of benzene rings is 5. The molecule has 0 atom stereocenters. The first-order valence-corrected chi connectivity index (χ1v) is 16.0. The zero-order valence-corrected chi connectivity index (χ0v) is 26.1. The minimum atomic E-state index is -0.254. The normalized spacial score (nSPS) is 14.6. The third-order valence-corrected chi connectivity index (χ3v) is 9.34. The van der Waals surface area contributed by atoms with Crippen molar-refractivity contribution in [3.63, 3.8) is 0 Å². The summed E-state index contributed by atoms with van der Waals surface area (Å²) >= 11 is 0. The van der Waals surface area contributed by atoms with Crippen LogP contribution in [0.3, 0.4) is 0 Å². The van der Waals surface area contributed by atoms with Crippen molar-refractivity contribution in [2.24, 2.45) is 0 Å². The molecule has 2 aliphatic rings. The van der Waals surface area contributed by atoms with Gasteiger partial charge in [-0.1, -0.05) is 60.7 Å². The van der Waals surface area contributed by atoms with Gasteiger partial charge in [-0.25, -0.2) is 0 Å². The lowest BCUT2D eigenvalue weighted by Gasteiger charge is -2.32. The molecule has 5 aromatic rings. The Bertz CT molecular complexity index is 2000. The molecule has 0 aromatic heterocycles. The molecule has 5 aromatic carbocycles. The predicted octanol–water partition coefficient (Wildman–Crippen LogP) is 5.73. The van der Waals surface area contributed by atoms with Gasteiger partial charge in [-0.05, 0) is 79.2 Å². The van der Waals surface area contributed by atoms with Gasteiger partial charge in [-0.2, -0.15) is 0 Å². The highest BCUT2D eigenvalue weighted by atomic mass is 16.2. The van der Waals surface area contributed by atoms with Gasteiger partial charge in [0.25, 0.3) is 23.6 Å². The van der Waals surface area contributed by atoms with Crippen molar-refractivity contribution in [1.29, 1.82) is 0 Å². The highest BCUT2D eigenvalue weighted by Crippen LogP contribution is 2.35. The molecule has 46 heavy (non-hydrogen) atoms. The second-order valence-corrected chi connectivity index (χ2v) is 12.3. The van der Waals surface area contributed by atoms with Crippen molar-refractivity contribution < 1.29 is 19.2 Å². The first-order chi connectivity index (χ1) is 22.3. The van der Waals surface area contributed by atoms with E-state index in [9.17, 15) is 19.2 Å². The molecular weight excluding hydrogens is 576 g/mol. The van der Waals surface area contributed by atoms with E-state index in [1.165, 1.54) is 9.80 Å². The first-order valence-electron chi connectivity index (χ1n) is 16.0. The van der Waals surface area contributed by atoms with Crippen molar-refractivity contribution in [2.45, 2.75) is 26.3 Å². The molecule has 7 rings (SSSR count). The van der Waals surface area contributed by atoms with Crippen molar-refractivity contribution in [1.82, 2.24) is 20.0 Å². The molecule has 8 heteroatoms. The molecule has 0 fully saturated rings. The van der Waals surface area contributed by atoms with Gasteiger partial charge >= 0.3 is 0 Å². The molecule has 232 valence electrons. The third kappa shape index (κ3) is 5.04. The summed E-state index contributed by atoms with van der Waals surface area (Å²) in [7, 11) is 0. The number of nitrogens with zero attached hydrogens (tertiary/aromatic N) is 3. The summed E-state index contributed by atoms with van der Waals surface area (Å²) in [4.78, 5) is 58.6. The number of fused-ring (bicyclic) bond motifs is 2. The maximum absolute atomic E-state index is 13.7. The molecule has 0 unspecified atom stereocenters. The molecule has 2 heterocycles. The maximum atomic E-state index is 13.7. The lowest BCUT2D eigenvalue weighted by Crippen LogP contribution is -2.46. The number of hydrogen-bond acceptors (Lipinski definition) is 6. The van der Waals surface area contributed by atoms with Crippen molar-refractivity contribution in [3.05, 3.63) is 107 Å². The Morgan fingerprint density at radius 1 is 0.587 bits per heavy atom. The fourth-order valence-electron chi connectivity index (χ4n) is 6.96. The molecule has 0 spiro atoms. The maximum Gasteiger partial charge on any atom is 0.261 e. The average Bonchev–Trinajstić information content (AvgIpc) is 3.07. The van der Waals surface area contributed by atoms with Crippen molar-refractivity contribution in [2.75, 3.05) is 39.3 Å². The molecule has 0 radical (unpaired) electrons. The Morgan fingerprint density at radius 3 is 1.85 bits per heavy atom. The second-order valence-electron chi connectivity index (χ2n) is 12.3. The van der Waals surface area contributed by atoms with E-state index < -0.39 is 0 Å². The smallest absolute Gasteiger partial charge is 0.261 e. The monoisotopic (exact) mass is 612 g/mol. The lowest BCUT2D eigenvalue weighted by atomic mass is 9.90. The summed E-state index contributed by atoms with van der Waals surface area (Å²) in [6, 6.07) is 26.9. The van der Waals surface area contributed by atoms with Crippen LogP contribution in [0.2, 0.25) is 0 Å². The van der Waals surface area contributed by atoms with Gasteiger partial charge in [0.1, 0.15) is 0 Å². The van der Waals surface area contributed by atoms with Gasteiger partial charge < -0.3 is 5.32 Å². The molecule has 0 bridgehead atoms. The van der Waals surface area contributed by atoms with Crippen LogP contribution in [0.1, 0.15) is 61.7 Å². The Morgan fingerprint density at radius 2 is 1.15 bits per heavy atom. The molecule has 0 saturated heterocycles. The van der Waals surface area contributed by atoms with Gasteiger partial charge in [0.15, 0.2) is 0 Å². The number of imide groups is 2. The number of rotatable bonds is 11. The van der Waals surface area contributed by atoms with E-state index in [1.807, 2.05) is 72.8 Å². The van der Waals surface area contributed by atoms with Crippen LogP contribution in [0, 0.1) is 0 Å². The molecule has 2 aliphatic heterocycles. The molecule has 4 amide bonds. The van der Waals surface area contributed by atoms with Crippen LogP contribution in [0.5, 0.6) is 0 Å².